The lowest BCUT2D eigenvalue weighted by molar-refractivity contribution is 0.277. The van der Waals surface area contributed by atoms with Crippen molar-refractivity contribution in [1.82, 2.24) is 5.32 Å². The standard InChI is InChI=1S/C11H12Cl3NO/c12-7-4-9(13)11(10(14)5-7)16-6-8-2-1-3-15-8/h4-5,8,15H,1-3,6H2. The molecular formula is C11H12Cl3NO. The van der Waals surface area contributed by atoms with Crippen LogP contribution in [0.1, 0.15) is 12.8 Å². The summed E-state index contributed by atoms with van der Waals surface area (Å²) in [6.07, 6.45) is 2.32. The minimum absolute atomic E-state index is 0.391. The van der Waals surface area contributed by atoms with Crippen LogP contribution in [0, 0.1) is 0 Å². The lowest BCUT2D eigenvalue weighted by Crippen LogP contribution is -2.28. The second kappa shape index (κ2) is 5.46. The Labute approximate surface area is 110 Å². The molecule has 16 heavy (non-hydrogen) atoms. The van der Waals surface area contributed by atoms with Crippen molar-refractivity contribution in [2.24, 2.45) is 0 Å². The molecule has 1 aliphatic rings. The van der Waals surface area contributed by atoms with Gasteiger partial charge in [0.05, 0.1) is 10.0 Å². The topological polar surface area (TPSA) is 21.3 Å². The third-order valence-corrected chi connectivity index (χ3v) is 3.33. The van der Waals surface area contributed by atoms with E-state index in [1.165, 1.54) is 6.42 Å². The van der Waals surface area contributed by atoms with E-state index in [0.717, 1.165) is 13.0 Å². The monoisotopic (exact) mass is 279 g/mol. The summed E-state index contributed by atoms with van der Waals surface area (Å²) in [6.45, 7) is 1.64. The van der Waals surface area contributed by atoms with E-state index in [2.05, 4.69) is 5.32 Å². The highest BCUT2D eigenvalue weighted by atomic mass is 35.5. The number of halogens is 3. The summed E-state index contributed by atoms with van der Waals surface area (Å²) < 4.78 is 5.62. The molecule has 0 amide bonds. The highest BCUT2D eigenvalue weighted by Gasteiger charge is 2.16. The van der Waals surface area contributed by atoms with E-state index in [1.807, 2.05) is 0 Å². The van der Waals surface area contributed by atoms with E-state index >= 15 is 0 Å². The molecule has 2 rings (SSSR count). The maximum absolute atomic E-state index is 6.01. The van der Waals surface area contributed by atoms with Gasteiger partial charge in [-0.2, -0.15) is 0 Å². The molecular weight excluding hydrogens is 268 g/mol. The third-order valence-electron chi connectivity index (χ3n) is 2.55. The molecule has 1 aliphatic heterocycles. The van der Waals surface area contributed by atoms with Gasteiger partial charge in [-0.05, 0) is 31.5 Å². The number of ether oxygens (including phenoxy) is 1. The van der Waals surface area contributed by atoms with Crippen LogP contribution in [0.2, 0.25) is 15.1 Å². The van der Waals surface area contributed by atoms with Crippen molar-refractivity contribution < 1.29 is 4.74 Å². The Hall–Kier alpha value is -0.150. The van der Waals surface area contributed by atoms with Crippen LogP contribution in [0.15, 0.2) is 12.1 Å². The Bertz CT molecular complexity index is 354. The first-order chi connectivity index (χ1) is 7.66. The Morgan fingerprint density at radius 3 is 2.50 bits per heavy atom. The third kappa shape index (κ3) is 2.95. The van der Waals surface area contributed by atoms with E-state index in [9.17, 15) is 0 Å². The zero-order chi connectivity index (χ0) is 11.5. The fraction of sp³-hybridized carbons (Fsp3) is 0.455. The van der Waals surface area contributed by atoms with Crippen molar-refractivity contribution in [3.8, 4) is 5.75 Å². The first kappa shape index (κ1) is 12.3. The van der Waals surface area contributed by atoms with Gasteiger partial charge >= 0.3 is 0 Å². The van der Waals surface area contributed by atoms with Gasteiger partial charge in [-0.15, -0.1) is 0 Å². The van der Waals surface area contributed by atoms with Gasteiger partial charge in [0, 0.05) is 11.1 Å². The molecule has 0 radical (unpaired) electrons. The van der Waals surface area contributed by atoms with Crippen molar-refractivity contribution in [3.63, 3.8) is 0 Å². The molecule has 1 fully saturated rings. The predicted molar refractivity (Wildman–Crippen MR) is 68.0 cm³/mol. The summed E-state index contributed by atoms with van der Waals surface area (Å²) >= 11 is 17.8. The molecule has 0 bridgehead atoms. The fourth-order valence-corrected chi connectivity index (χ4v) is 2.68. The van der Waals surface area contributed by atoms with Gasteiger partial charge in [0.15, 0.2) is 5.75 Å². The molecule has 1 aromatic rings. The van der Waals surface area contributed by atoms with Crippen LogP contribution in [-0.4, -0.2) is 19.2 Å². The molecule has 0 aromatic heterocycles. The van der Waals surface area contributed by atoms with Gasteiger partial charge in [0.1, 0.15) is 6.61 Å². The van der Waals surface area contributed by atoms with Crippen LogP contribution in [0.3, 0.4) is 0 Å². The summed E-state index contributed by atoms with van der Waals surface area (Å²) in [5.41, 5.74) is 0. The van der Waals surface area contributed by atoms with Crippen LogP contribution in [-0.2, 0) is 0 Å². The first-order valence-corrected chi connectivity index (χ1v) is 6.31. The Morgan fingerprint density at radius 1 is 1.25 bits per heavy atom. The quantitative estimate of drug-likeness (QED) is 0.910. The van der Waals surface area contributed by atoms with Crippen molar-refractivity contribution in [2.45, 2.75) is 18.9 Å². The van der Waals surface area contributed by atoms with Gasteiger partial charge < -0.3 is 10.1 Å². The largest absolute Gasteiger partial charge is 0.489 e. The lowest BCUT2D eigenvalue weighted by Gasteiger charge is -2.14. The smallest absolute Gasteiger partial charge is 0.156 e. The summed E-state index contributed by atoms with van der Waals surface area (Å²) in [5.74, 6) is 0.515. The van der Waals surface area contributed by atoms with Crippen molar-refractivity contribution >= 4 is 34.8 Å². The predicted octanol–water partition coefficient (Wildman–Crippen LogP) is 3.78. The number of hydrogen-bond acceptors (Lipinski definition) is 2. The van der Waals surface area contributed by atoms with E-state index < -0.39 is 0 Å². The summed E-state index contributed by atoms with van der Waals surface area (Å²) in [7, 11) is 0. The average Bonchev–Trinajstić information content (AvgIpc) is 2.68. The molecule has 1 heterocycles. The maximum atomic E-state index is 6.01. The molecule has 1 aromatic carbocycles. The Kier molecular flexibility index (Phi) is 4.20. The van der Waals surface area contributed by atoms with E-state index in [0.29, 0.717) is 33.5 Å². The van der Waals surface area contributed by atoms with Crippen LogP contribution in [0.25, 0.3) is 0 Å². The van der Waals surface area contributed by atoms with Crippen molar-refractivity contribution in [1.29, 1.82) is 0 Å². The molecule has 0 saturated carbocycles. The number of benzene rings is 1. The highest BCUT2D eigenvalue weighted by Crippen LogP contribution is 2.35. The van der Waals surface area contributed by atoms with Crippen LogP contribution in [0.4, 0.5) is 0 Å². The van der Waals surface area contributed by atoms with Crippen molar-refractivity contribution in [3.05, 3.63) is 27.2 Å². The molecule has 2 nitrogen and oxygen atoms in total. The van der Waals surface area contributed by atoms with Crippen molar-refractivity contribution in [2.75, 3.05) is 13.2 Å². The van der Waals surface area contributed by atoms with Crippen LogP contribution in [0.5, 0.6) is 5.75 Å². The van der Waals surface area contributed by atoms with Gasteiger partial charge in [-0.3, -0.25) is 0 Å². The van der Waals surface area contributed by atoms with E-state index in [-0.39, 0.29) is 0 Å². The van der Waals surface area contributed by atoms with Gasteiger partial charge in [-0.25, -0.2) is 0 Å². The van der Waals surface area contributed by atoms with Gasteiger partial charge in [0.2, 0.25) is 0 Å². The molecule has 1 unspecified atom stereocenters. The first-order valence-electron chi connectivity index (χ1n) is 5.17. The van der Waals surface area contributed by atoms with Crippen LogP contribution < -0.4 is 10.1 Å². The summed E-state index contributed by atoms with van der Waals surface area (Å²) in [4.78, 5) is 0. The van der Waals surface area contributed by atoms with E-state index in [1.54, 1.807) is 12.1 Å². The molecule has 1 N–H and O–H groups in total. The Morgan fingerprint density at radius 2 is 1.94 bits per heavy atom. The van der Waals surface area contributed by atoms with Gasteiger partial charge in [0.25, 0.3) is 0 Å². The fourth-order valence-electron chi connectivity index (χ4n) is 1.75. The molecule has 0 aliphatic carbocycles. The average molecular weight is 281 g/mol. The lowest BCUT2D eigenvalue weighted by atomic mass is 10.2. The zero-order valence-electron chi connectivity index (χ0n) is 8.60. The number of rotatable bonds is 3. The zero-order valence-corrected chi connectivity index (χ0v) is 10.9. The molecule has 1 saturated heterocycles. The minimum Gasteiger partial charge on any atom is -0.489 e. The van der Waals surface area contributed by atoms with Crippen LogP contribution >= 0.6 is 34.8 Å². The minimum atomic E-state index is 0.391. The summed E-state index contributed by atoms with van der Waals surface area (Å²) in [6, 6.07) is 3.65. The SMILES string of the molecule is Clc1cc(Cl)c(OCC2CCCN2)c(Cl)c1. The number of nitrogens with one attached hydrogen (secondary N) is 1. The number of hydrogen-bond donors (Lipinski definition) is 1. The molecule has 5 heteroatoms. The van der Waals surface area contributed by atoms with Gasteiger partial charge in [-0.1, -0.05) is 34.8 Å². The second-order valence-corrected chi connectivity index (χ2v) is 5.05. The second-order valence-electron chi connectivity index (χ2n) is 3.80. The molecule has 0 spiro atoms. The Balaban J connectivity index is 2.03. The highest BCUT2D eigenvalue weighted by molar-refractivity contribution is 6.40. The maximum Gasteiger partial charge on any atom is 0.156 e. The molecule has 1 atom stereocenters. The molecule has 88 valence electrons. The van der Waals surface area contributed by atoms with E-state index in [4.69, 9.17) is 39.5 Å². The summed E-state index contributed by atoms with van der Waals surface area (Å²) in [5, 5.41) is 4.76. The normalized spacial score (nSPS) is 20.1.